The van der Waals surface area contributed by atoms with Crippen molar-refractivity contribution < 1.29 is 4.74 Å². The van der Waals surface area contributed by atoms with Gasteiger partial charge in [0.05, 0.1) is 16.9 Å². The van der Waals surface area contributed by atoms with E-state index in [0.29, 0.717) is 22.5 Å². The SMILES string of the molecule is Clc1ccccc1OCc1cnc2cccc(Cl)n12. The highest BCUT2D eigenvalue weighted by molar-refractivity contribution is 6.32. The van der Waals surface area contributed by atoms with E-state index in [9.17, 15) is 0 Å². The van der Waals surface area contributed by atoms with E-state index in [2.05, 4.69) is 4.98 Å². The number of imidazole rings is 1. The molecule has 3 rings (SSSR count). The Morgan fingerprint density at radius 1 is 1.05 bits per heavy atom. The summed E-state index contributed by atoms with van der Waals surface area (Å²) in [5.74, 6) is 0.645. The van der Waals surface area contributed by atoms with Gasteiger partial charge in [0, 0.05) is 0 Å². The number of pyridine rings is 1. The van der Waals surface area contributed by atoms with Gasteiger partial charge < -0.3 is 4.74 Å². The van der Waals surface area contributed by atoms with Gasteiger partial charge in [0.1, 0.15) is 23.2 Å². The molecular weight excluding hydrogens is 283 g/mol. The summed E-state index contributed by atoms with van der Waals surface area (Å²) >= 11 is 12.2. The van der Waals surface area contributed by atoms with Gasteiger partial charge in [-0.1, -0.05) is 41.4 Å². The molecular formula is C14H10Cl2N2O. The molecule has 0 saturated heterocycles. The molecule has 0 spiro atoms. The minimum Gasteiger partial charge on any atom is -0.486 e. The van der Waals surface area contributed by atoms with Crippen molar-refractivity contribution in [3.05, 3.63) is 64.5 Å². The van der Waals surface area contributed by atoms with Crippen molar-refractivity contribution in [1.82, 2.24) is 9.38 Å². The maximum Gasteiger partial charge on any atom is 0.138 e. The van der Waals surface area contributed by atoms with Gasteiger partial charge in [-0.05, 0) is 24.3 Å². The first kappa shape index (κ1) is 12.3. The molecule has 0 saturated carbocycles. The topological polar surface area (TPSA) is 26.5 Å². The Kier molecular flexibility index (Phi) is 3.32. The summed E-state index contributed by atoms with van der Waals surface area (Å²) in [5, 5.41) is 1.19. The van der Waals surface area contributed by atoms with Crippen LogP contribution >= 0.6 is 23.2 Å². The average Bonchev–Trinajstić information content (AvgIpc) is 2.83. The monoisotopic (exact) mass is 292 g/mol. The van der Waals surface area contributed by atoms with Gasteiger partial charge in [-0.15, -0.1) is 0 Å². The van der Waals surface area contributed by atoms with Crippen molar-refractivity contribution >= 4 is 28.8 Å². The third kappa shape index (κ3) is 2.39. The molecule has 0 atom stereocenters. The number of hydrogen-bond donors (Lipinski definition) is 0. The van der Waals surface area contributed by atoms with Crippen LogP contribution in [0.4, 0.5) is 0 Å². The molecule has 0 aliphatic rings. The van der Waals surface area contributed by atoms with Crippen LogP contribution in [-0.2, 0) is 6.61 Å². The average molecular weight is 293 g/mol. The lowest BCUT2D eigenvalue weighted by Crippen LogP contribution is -2.00. The smallest absolute Gasteiger partial charge is 0.138 e. The largest absolute Gasteiger partial charge is 0.486 e. The molecule has 0 aliphatic carbocycles. The van der Waals surface area contributed by atoms with Crippen LogP contribution in [0.5, 0.6) is 5.75 Å². The Balaban J connectivity index is 1.89. The maximum absolute atomic E-state index is 6.16. The number of benzene rings is 1. The van der Waals surface area contributed by atoms with Crippen LogP contribution in [0.15, 0.2) is 48.7 Å². The van der Waals surface area contributed by atoms with Crippen LogP contribution in [-0.4, -0.2) is 9.38 Å². The van der Waals surface area contributed by atoms with E-state index in [0.717, 1.165) is 11.3 Å². The summed E-state index contributed by atoms with van der Waals surface area (Å²) in [6, 6.07) is 12.9. The highest BCUT2D eigenvalue weighted by atomic mass is 35.5. The Morgan fingerprint density at radius 2 is 1.89 bits per heavy atom. The Bertz CT molecular complexity index is 724. The zero-order chi connectivity index (χ0) is 13.2. The molecule has 19 heavy (non-hydrogen) atoms. The van der Waals surface area contributed by atoms with Crippen LogP contribution in [0.25, 0.3) is 5.65 Å². The summed E-state index contributed by atoms with van der Waals surface area (Å²) in [5.41, 5.74) is 1.67. The van der Waals surface area contributed by atoms with Gasteiger partial charge in [-0.25, -0.2) is 4.98 Å². The van der Waals surface area contributed by atoms with Crippen LogP contribution in [0.3, 0.4) is 0 Å². The lowest BCUT2D eigenvalue weighted by molar-refractivity contribution is 0.300. The summed E-state index contributed by atoms with van der Waals surface area (Å²) in [4.78, 5) is 4.28. The van der Waals surface area contributed by atoms with Crippen molar-refractivity contribution in [2.45, 2.75) is 6.61 Å². The molecule has 0 unspecified atom stereocenters. The van der Waals surface area contributed by atoms with E-state index in [1.807, 2.05) is 40.8 Å². The van der Waals surface area contributed by atoms with Gasteiger partial charge in [0.2, 0.25) is 0 Å². The maximum atomic E-state index is 6.16. The lowest BCUT2D eigenvalue weighted by atomic mass is 10.3. The first-order chi connectivity index (χ1) is 9.25. The molecule has 0 radical (unpaired) electrons. The fourth-order valence-electron chi connectivity index (χ4n) is 1.87. The van der Waals surface area contributed by atoms with Crippen molar-refractivity contribution in [2.75, 3.05) is 0 Å². The fraction of sp³-hybridized carbons (Fsp3) is 0.0714. The Hall–Kier alpha value is -1.71. The van der Waals surface area contributed by atoms with E-state index in [1.165, 1.54) is 0 Å². The van der Waals surface area contributed by atoms with E-state index in [1.54, 1.807) is 12.3 Å². The number of nitrogens with zero attached hydrogens (tertiary/aromatic N) is 2. The lowest BCUT2D eigenvalue weighted by Gasteiger charge is -2.08. The molecule has 1 aromatic carbocycles. The van der Waals surface area contributed by atoms with Crippen LogP contribution in [0.1, 0.15) is 5.69 Å². The third-order valence-corrected chi connectivity index (χ3v) is 3.37. The van der Waals surface area contributed by atoms with Crippen LogP contribution < -0.4 is 4.74 Å². The van der Waals surface area contributed by atoms with E-state index >= 15 is 0 Å². The van der Waals surface area contributed by atoms with E-state index < -0.39 is 0 Å². The quantitative estimate of drug-likeness (QED) is 0.676. The number of para-hydroxylation sites is 1. The molecule has 0 N–H and O–H groups in total. The van der Waals surface area contributed by atoms with Gasteiger partial charge in [-0.2, -0.15) is 0 Å². The normalized spacial score (nSPS) is 10.8. The highest BCUT2D eigenvalue weighted by Crippen LogP contribution is 2.24. The number of fused-ring (bicyclic) bond motifs is 1. The zero-order valence-electron chi connectivity index (χ0n) is 9.88. The summed E-state index contributed by atoms with van der Waals surface area (Å²) < 4.78 is 7.54. The summed E-state index contributed by atoms with van der Waals surface area (Å²) in [6.45, 7) is 0.356. The standard InChI is InChI=1S/C14H10Cl2N2O/c15-11-4-1-2-5-12(11)19-9-10-8-17-14-7-3-6-13(16)18(10)14/h1-8H,9H2. The molecule has 0 fully saturated rings. The third-order valence-electron chi connectivity index (χ3n) is 2.77. The predicted molar refractivity (Wildman–Crippen MR) is 76.0 cm³/mol. The highest BCUT2D eigenvalue weighted by Gasteiger charge is 2.07. The number of halogens is 2. The van der Waals surface area contributed by atoms with Crippen LogP contribution in [0.2, 0.25) is 10.2 Å². The molecule has 2 heterocycles. The van der Waals surface area contributed by atoms with Gasteiger partial charge in [0.15, 0.2) is 0 Å². The van der Waals surface area contributed by atoms with Crippen molar-refractivity contribution in [1.29, 1.82) is 0 Å². The molecule has 5 heteroatoms. The molecule has 3 nitrogen and oxygen atoms in total. The second-order valence-electron chi connectivity index (χ2n) is 4.01. The van der Waals surface area contributed by atoms with Crippen LogP contribution in [0, 0.1) is 0 Å². The van der Waals surface area contributed by atoms with Crippen molar-refractivity contribution in [3.8, 4) is 5.75 Å². The molecule has 0 amide bonds. The van der Waals surface area contributed by atoms with Gasteiger partial charge in [0.25, 0.3) is 0 Å². The van der Waals surface area contributed by atoms with E-state index in [-0.39, 0.29) is 0 Å². The summed E-state index contributed by atoms with van der Waals surface area (Å²) in [7, 11) is 0. The van der Waals surface area contributed by atoms with Gasteiger partial charge in [-0.3, -0.25) is 4.40 Å². The Morgan fingerprint density at radius 3 is 2.74 bits per heavy atom. The van der Waals surface area contributed by atoms with Crippen molar-refractivity contribution in [3.63, 3.8) is 0 Å². The number of rotatable bonds is 3. The molecule has 0 aliphatic heterocycles. The summed E-state index contributed by atoms with van der Waals surface area (Å²) in [6.07, 6.45) is 1.75. The minimum atomic E-state index is 0.356. The molecule has 3 aromatic rings. The minimum absolute atomic E-state index is 0.356. The fourth-order valence-corrected chi connectivity index (χ4v) is 2.33. The number of aromatic nitrogens is 2. The number of hydrogen-bond acceptors (Lipinski definition) is 2. The van der Waals surface area contributed by atoms with Crippen molar-refractivity contribution in [2.24, 2.45) is 0 Å². The number of ether oxygens (including phenoxy) is 1. The van der Waals surface area contributed by atoms with Gasteiger partial charge >= 0.3 is 0 Å². The second-order valence-corrected chi connectivity index (χ2v) is 4.81. The molecule has 2 aromatic heterocycles. The Labute approximate surface area is 120 Å². The second kappa shape index (κ2) is 5.11. The molecule has 96 valence electrons. The first-order valence-electron chi connectivity index (χ1n) is 5.74. The zero-order valence-corrected chi connectivity index (χ0v) is 11.4. The van der Waals surface area contributed by atoms with E-state index in [4.69, 9.17) is 27.9 Å². The first-order valence-corrected chi connectivity index (χ1v) is 6.49. The predicted octanol–water partition coefficient (Wildman–Crippen LogP) is 4.22. The molecule has 0 bridgehead atoms.